The third-order valence-corrected chi connectivity index (χ3v) is 6.10. The number of carbonyl (C=O) groups is 2. The van der Waals surface area contributed by atoms with Crippen LogP contribution in [0.15, 0.2) is 36.4 Å². The van der Waals surface area contributed by atoms with Crippen LogP contribution >= 0.6 is 0 Å². The van der Waals surface area contributed by atoms with Gasteiger partial charge in [0.15, 0.2) is 0 Å². The second-order valence-electron chi connectivity index (χ2n) is 9.20. The van der Waals surface area contributed by atoms with Gasteiger partial charge < -0.3 is 9.47 Å². The van der Waals surface area contributed by atoms with Crippen molar-refractivity contribution >= 4 is 18.0 Å². The van der Waals surface area contributed by atoms with Crippen LogP contribution in [0.1, 0.15) is 59.4 Å². The molecule has 1 aromatic carbocycles. The Hall–Kier alpha value is -2.14. The highest BCUT2D eigenvalue weighted by molar-refractivity contribution is 5.87. The predicted molar refractivity (Wildman–Crippen MR) is 115 cm³/mol. The van der Waals surface area contributed by atoms with Crippen molar-refractivity contribution in [3.63, 3.8) is 0 Å². The smallest absolute Gasteiger partial charge is 0.330 e. The lowest BCUT2D eigenvalue weighted by molar-refractivity contribution is -0.172. The highest BCUT2D eigenvalue weighted by Gasteiger charge is 2.54. The quantitative estimate of drug-likeness (QED) is 0.498. The van der Waals surface area contributed by atoms with E-state index < -0.39 is 11.4 Å². The summed E-state index contributed by atoms with van der Waals surface area (Å²) in [6, 6.07) is 9.59. The maximum Gasteiger partial charge on any atom is 0.330 e. The van der Waals surface area contributed by atoms with Crippen LogP contribution < -0.4 is 0 Å². The van der Waals surface area contributed by atoms with E-state index in [2.05, 4.69) is 39.6 Å². The summed E-state index contributed by atoms with van der Waals surface area (Å²) in [6.45, 7) is 11.0. The molecule has 0 radical (unpaired) electrons. The lowest BCUT2D eigenvalue weighted by Crippen LogP contribution is -2.63. The van der Waals surface area contributed by atoms with E-state index in [0.29, 0.717) is 25.9 Å². The molecule has 5 nitrogen and oxygen atoms in total. The zero-order valence-electron chi connectivity index (χ0n) is 18.7. The number of benzene rings is 1. The fourth-order valence-electron chi connectivity index (χ4n) is 4.61. The zero-order chi connectivity index (χ0) is 21.7. The van der Waals surface area contributed by atoms with Gasteiger partial charge in [-0.1, -0.05) is 30.3 Å². The molecule has 0 spiro atoms. The van der Waals surface area contributed by atoms with Crippen LogP contribution in [0.4, 0.5) is 0 Å². The minimum atomic E-state index is -0.668. The number of esters is 2. The predicted octanol–water partition coefficient (Wildman–Crippen LogP) is 4.47. The molecule has 1 aliphatic rings. The lowest BCUT2D eigenvalue weighted by Gasteiger charge is -2.57. The average molecular weight is 402 g/mol. The normalized spacial score (nSPS) is 20.3. The number of hydrogen-bond acceptors (Lipinski definition) is 5. The number of hydrogen-bond donors (Lipinski definition) is 0. The average Bonchev–Trinajstić information content (AvgIpc) is 2.65. The Morgan fingerprint density at radius 2 is 1.62 bits per heavy atom. The molecular formula is C24H35NO4. The summed E-state index contributed by atoms with van der Waals surface area (Å²) in [5.41, 5.74) is -0.0811. The molecule has 1 heterocycles. The van der Waals surface area contributed by atoms with Gasteiger partial charge in [0.2, 0.25) is 0 Å². The third kappa shape index (κ3) is 5.69. The Morgan fingerprint density at radius 1 is 1.03 bits per heavy atom. The third-order valence-electron chi connectivity index (χ3n) is 6.10. The molecule has 0 bridgehead atoms. The molecule has 0 atom stereocenters. The maximum absolute atomic E-state index is 13.0. The minimum Gasteiger partial charge on any atom is -0.466 e. The molecule has 0 N–H and O–H groups in total. The number of carbonyl (C=O) groups excluding carboxylic acids is 2. The number of rotatable bonds is 7. The van der Waals surface area contributed by atoms with E-state index in [9.17, 15) is 9.59 Å². The van der Waals surface area contributed by atoms with Gasteiger partial charge >= 0.3 is 11.9 Å². The summed E-state index contributed by atoms with van der Waals surface area (Å²) in [5, 5.41) is 0. The molecule has 0 saturated carbocycles. The summed E-state index contributed by atoms with van der Waals surface area (Å²) in [5.74, 6) is -0.593. The molecular weight excluding hydrogens is 366 g/mol. The van der Waals surface area contributed by atoms with Gasteiger partial charge in [-0.05, 0) is 72.6 Å². The first-order valence-corrected chi connectivity index (χ1v) is 10.3. The van der Waals surface area contributed by atoms with Crippen molar-refractivity contribution in [3.8, 4) is 0 Å². The topological polar surface area (TPSA) is 55.8 Å². The van der Waals surface area contributed by atoms with E-state index in [0.717, 1.165) is 5.56 Å². The molecule has 2 rings (SSSR count). The van der Waals surface area contributed by atoms with Crippen molar-refractivity contribution in [3.05, 3.63) is 42.0 Å². The van der Waals surface area contributed by atoms with Gasteiger partial charge in [0.1, 0.15) is 0 Å². The van der Waals surface area contributed by atoms with E-state index in [4.69, 9.17) is 9.47 Å². The fourth-order valence-corrected chi connectivity index (χ4v) is 4.61. The van der Waals surface area contributed by atoms with E-state index in [-0.39, 0.29) is 23.7 Å². The van der Waals surface area contributed by atoms with Crippen LogP contribution in [-0.4, -0.2) is 48.2 Å². The van der Waals surface area contributed by atoms with Gasteiger partial charge in [0.05, 0.1) is 18.6 Å². The van der Waals surface area contributed by atoms with Gasteiger partial charge in [-0.3, -0.25) is 9.69 Å². The van der Waals surface area contributed by atoms with Crippen molar-refractivity contribution in [2.24, 2.45) is 5.41 Å². The standard InChI is InChI=1S/C24H35NO4/c1-7-28-21(27)24(17-22(2,3)25(6)23(4,5)18-24)15-16-29-20(26)14-13-19-11-9-8-10-12-19/h8-14H,7,15-18H2,1-6H3. The van der Waals surface area contributed by atoms with E-state index in [1.54, 1.807) is 6.08 Å². The summed E-state index contributed by atoms with van der Waals surface area (Å²) < 4.78 is 10.9. The highest BCUT2D eigenvalue weighted by atomic mass is 16.5. The maximum atomic E-state index is 13.0. The SMILES string of the molecule is CCOC(=O)C1(CCOC(=O)C=Cc2ccccc2)CC(C)(C)N(C)C(C)(C)C1. The van der Waals surface area contributed by atoms with Crippen LogP contribution in [0.2, 0.25) is 0 Å². The van der Waals surface area contributed by atoms with Crippen LogP contribution in [0.3, 0.4) is 0 Å². The summed E-state index contributed by atoms with van der Waals surface area (Å²) in [6.07, 6.45) is 4.93. The molecule has 0 aromatic heterocycles. The molecule has 5 heteroatoms. The van der Waals surface area contributed by atoms with Crippen LogP contribution in [-0.2, 0) is 19.1 Å². The first kappa shape index (κ1) is 23.1. The minimum absolute atomic E-state index is 0.175. The number of piperidine rings is 1. The molecule has 0 unspecified atom stereocenters. The molecule has 0 amide bonds. The second-order valence-corrected chi connectivity index (χ2v) is 9.20. The van der Waals surface area contributed by atoms with Gasteiger partial charge in [-0.15, -0.1) is 0 Å². The summed E-state index contributed by atoms with van der Waals surface area (Å²) >= 11 is 0. The Labute approximate surface area is 175 Å². The first-order chi connectivity index (χ1) is 13.5. The molecule has 1 aliphatic heterocycles. The second kappa shape index (κ2) is 9.12. The Kier molecular flexibility index (Phi) is 7.28. The number of likely N-dealkylation sites (tertiary alicyclic amines) is 1. The Bertz CT molecular complexity index is 719. The van der Waals surface area contributed by atoms with Gasteiger partial charge in [-0.2, -0.15) is 0 Å². The van der Waals surface area contributed by atoms with Crippen LogP contribution in [0, 0.1) is 5.41 Å². The van der Waals surface area contributed by atoms with Gasteiger partial charge in [-0.25, -0.2) is 4.79 Å². The van der Waals surface area contributed by atoms with Gasteiger partial charge in [0, 0.05) is 17.2 Å². The monoisotopic (exact) mass is 401 g/mol. The molecule has 1 fully saturated rings. The molecule has 1 saturated heterocycles. The zero-order valence-corrected chi connectivity index (χ0v) is 18.7. The van der Waals surface area contributed by atoms with Crippen molar-refractivity contribution in [1.29, 1.82) is 0 Å². The van der Waals surface area contributed by atoms with E-state index in [1.165, 1.54) is 6.08 Å². The molecule has 0 aliphatic carbocycles. The largest absolute Gasteiger partial charge is 0.466 e. The summed E-state index contributed by atoms with van der Waals surface area (Å²) in [4.78, 5) is 27.5. The fraction of sp³-hybridized carbons (Fsp3) is 0.583. The van der Waals surface area contributed by atoms with Crippen LogP contribution in [0.25, 0.3) is 6.08 Å². The molecule has 1 aromatic rings. The highest BCUT2D eigenvalue weighted by Crippen LogP contribution is 2.50. The Morgan fingerprint density at radius 3 is 2.17 bits per heavy atom. The number of ether oxygens (including phenoxy) is 2. The van der Waals surface area contributed by atoms with Crippen molar-refractivity contribution in [1.82, 2.24) is 4.90 Å². The molecule has 160 valence electrons. The van der Waals surface area contributed by atoms with Crippen LogP contribution in [0.5, 0.6) is 0 Å². The summed E-state index contributed by atoms with van der Waals surface area (Å²) in [7, 11) is 2.10. The van der Waals surface area contributed by atoms with E-state index in [1.807, 2.05) is 37.3 Å². The van der Waals surface area contributed by atoms with Gasteiger partial charge in [0.25, 0.3) is 0 Å². The lowest BCUT2D eigenvalue weighted by atomic mass is 9.63. The van der Waals surface area contributed by atoms with E-state index >= 15 is 0 Å². The van der Waals surface area contributed by atoms with Crippen molar-refractivity contribution in [2.45, 2.75) is 65.0 Å². The molecule has 29 heavy (non-hydrogen) atoms. The van der Waals surface area contributed by atoms with Crippen molar-refractivity contribution in [2.75, 3.05) is 20.3 Å². The Balaban J connectivity index is 2.08. The first-order valence-electron chi connectivity index (χ1n) is 10.3. The number of nitrogens with zero attached hydrogens (tertiary/aromatic N) is 1. The van der Waals surface area contributed by atoms with Crippen molar-refractivity contribution < 1.29 is 19.1 Å².